The van der Waals surface area contributed by atoms with E-state index in [-0.39, 0.29) is 5.69 Å². The highest BCUT2D eigenvalue weighted by atomic mass is 16.4. The number of aromatic carboxylic acids is 1. The van der Waals surface area contributed by atoms with E-state index in [1.54, 1.807) is 6.92 Å². The van der Waals surface area contributed by atoms with Crippen LogP contribution in [0.2, 0.25) is 0 Å². The molecule has 0 saturated heterocycles. The third-order valence-corrected chi connectivity index (χ3v) is 5.86. The Hall–Kier alpha value is -1.52. The molecule has 4 aliphatic rings. The summed E-state index contributed by atoms with van der Waals surface area (Å²) in [6.45, 7) is 1.76. The summed E-state index contributed by atoms with van der Waals surface area (Å²) >= 11 is 0. The van der Waals surface area contributed by atoms with Gasteiger partial charge in [0, 0.05) is 5.56 Å². The van der Waals surface area contributed by atoms with Gasteiger partial charge in [0.15, 0.2) is 5.69 Å². The van der Waals surface area contributed by atoms with Crippen LogP contribution in [0, 0.1) is 30.6 Å². The molecule has 4 fully saturated rings. The lowest BCUT2D eigenvalue weighted by Gasteiger charge is -2.54. The van der Waals surface area contributed by atoms with E-state index in [1.807, 2.05) is 4.68 Å². The Morgan fingerprint density at radius 3 is 2.20 bits per heavy atom. The molecule has 1 heterocycles. The van der Waals surface area contributed by atoms with E-state index < -0.39 is 5.97 Å². The Balaban J connectivity index is 1.74. The molecule has 5 nitrogen and oxygen atoms in total. The second-order valence-corrected chi connectivity index (χ2v) is 7.03. The van der Waals surface area contributed by atoms with Crippen LogP contribution in [0.25, 0.3) is 0 Å². The first kappa shape index (κ1) is 12.2. The molecule has 0 spiro atoms. The Morgan fingerprint density at radius 1 is 1.20 bits per heavy atom. The smallest absolute Gasteiger partial charge is 0.356 e. The zero-order valence-electron chi connectivity index (χ0n) is 11.7. The Bertz CT molecular complexity index is 550. The Labute approximate surface area is 118 Å². The van der Waals surface area contributed by atoms with Crippen LogP contribution in [0.3, 0.4) is 0 Å². The van der Waals surface area contributed by atoms with Crippen LogP contribution in [0.1, 0.15) is 54.2 Å². The summed E-state index contributed by atoms with van der Waals surface area (Å²) in [7, 11) is 0. The molecule has 0 radical (unpaired) electrons. The number of carbonyl (C=O) groups is 1. The van der Waals surface area contributed by atoms with E-state index in [0.29, 0.717) is 29.3 Å². The van der Waals surface area contributed by atoms with Gasteiger partial charge in [-0.1, -0.05) is 0 Å². The molecule has 1 aromatic heterocycles. The van der Waals surface area contributed by atoms with E-state index in [9.17, 15) is 9.90 Å². The van der Waals surface area contributed by atoms with Crippen molar-refractivity contribution in [1.82, 2.24) is 9.78 Å². The number of nitrogens with two attached hydrogens (primary N) is 1. The maximum Gasteiger partial charge on any atom is 0.356 e. The van der Waals surface area contributed by atoms with Crippen molar-refractivity contribution in [2.24, 2.45) is 23.7 Å². The number of anilines is 1. The topological polar surface area (TPSA) is 81.1 Å². The minimum Gasteiger partial charge on any atom is -0.476 e. The van der Waals surface area contributed by atoms with Gasteiger partial charge in [0.05, 0.1) is 6.04 Å². The normalized spacial score (nSPS) is 38.4. The summed E-state index contributed by atoms with van der Waals surface area (Å²) in [5.74, 6) is 2.66. The first-order chi connectivity index (χ1) is 9.54. The molecule has 1 aromatic rings. The molecule has 0 aliphatic heterocycles. The molecule has 4 saturated carbocycles. The van der Waals surface area contributed by atoms with E-state index in [2.05, 4.69) is 5.10 Å². The lowest BCUT2D eigenvalue weighted by Crippen LogP contribution is -2.46. The first-order valence-corrected chi connectivity index (χ1v) is 7.62. The quantitative estimate of drug-likeness (QED) is 0.868. The molecule has 0 unspecified atom stereocenters. The average Bonchev–Trinajstić information content (AvgIpc) is 2.66. The summed E-state index contributed by atoms with van der Waals surface area (Å²) in [5.41, 5.74) is 6.90. The van der Waals surface area contributed by atoms with Crippen LogP contribution in [0.5, 0.6) is 0 Å². The van der Waals surface area contributed by atoms with Gasteiger partial charge < -0.3 is 10.8 Å². The second kappa shape index (κ2) is 3.99. The van der Waals surface area contributed by atoms with Crippen molar-refractivity contribution in [3.63, 3.8) is 0 Å². The van der Waals surface area contributed by atoms with Crippen molar-refractivity contribution in [1.29, 1.82) is 0 Å². The fraction of sp³-hybridized carbons (Fsp3) is 0.733. The molecular weight excluding hydrogens is 254 g/mol. The van der Waals surface area contributed by atoms with Gasteiger partial charge in [-0.25, -0.2) is 9.48 Å². The fourth-order valence-electron chi connectivity index (χ4n) is 5.26. The monoisotopic (exact) mass is 275 g/mol. The second-order valence-electron chi connectivity index (χ2n) is 7.03. The van der Waals surface area contributed by atoms with Crippen LogP contribution >= 0.6 is 0 Å². The van der Waals surface area contributed by atoms with Crippen LogP contribution in [-0.2, 0) is 0 Å². The average molecular weight is 275 g/mol. The third kappa shape index (κ3) is 1.55. The molecule has 4 aliphatic carbocycles. The number of rotatable bonds is 2. The minimum absolute atomic E-state index is 0.122. The van der Waals surface area contributed by atoms with Crippen molar-refractivity contribution in [3.8, 4) is 0 Å². The van der Waals surface area contributed by atoms with Crippen LogP contribution in [0.15, 0.2) is 0 Å². The summed E-state index contributed by atoms with van der Waals surface area (Å²) < 4.78 is 1.85. The van der Waals surface area contributed by atoms with Gasteiger partial charge >= 0.3 is 5.97 Å². The molecule has 5 heteroatoms. The van der Waals surface area contributed by atoms with Gasteiger partial charge in [-0.3, -0.25) is 0 Å². The van der Waals surface area contributed by atoms with Gasteiger partial charge in [0.2, 0.25) is 0 Å². The highest BCUT2D eigenvalue weighted by Gasteiger charge is 2.49. The molecule has 3 N–H and O–H groups in total. The fourth-order valence-corrected chi connectivity index (χ4v) is 5.26. The number of aromatic nitrogens is 2. The molecule has 0 amide bonds. The van der Waals surface area contributed by atoms with Gasteiger partial charge in [0.25, 0.3) is 0 Å². The molecular formula is C15H21N3O2. The number of hydrogen-bond donors (Lipinski definition) is 2. The van der Waals surface area contributed by atoms with Crippen molar-refractivity contribution in [3.05, 3.63) is 11.3 Å². The number of nitrogens with zero attached hydrogens (tertiary/aromatic N) is 2. The molecule has 0 atom stereocenters. The van der Waals surface area contributed by atoms with E-state index in [0.717, 1.165) is 11.8 Å². The van der Waals surface area contributed by atoms with Crippen LogP contribution in [-0.4, -0.2) is 20.9 Å². The summed E-state index contributed by atoms with van der Waals surface area (Å²) in [5, 5.41) is 13.6. The number of nitrogen functional groups attached to an aromatic ring is 1. The number of hydrogen-bond acceptors (Lipinski definition) is 3. The predicted molar refractivity (Wildman–Crippen MR) is 74.4 cm³/mol. The highest BCUT2D eigenvalue weighted by Crippen LogP contribution is 2.58. The molecule has 20 heavy (non-hydrogen) atoms. The summed E-state index contributed by atoms with van der Waals surface area (Å²) in [6.07, 6.45) is 6.52. The van der Waals surface area contributed by atoms with Crippen molar-refractivity contribution in [2.75, 3.05) is 5.73 Å². The highest BCUT2D eigenvalue weighted by molar-refractivity contribution is 5.88. The van der Waals surface area contributed by atoms with Crippen molar-refractivity contribution < 1.29 is 9.90 Å². The number of carboxylic acids is 1. The molecule has 4 bridgehead atoms. The summed E-state index contributed by atoms with van der Waals surface area (Å²) in [4.78, 5) is 11.2. The zero-order valence-corrected chi connectivity index (χ0v) is 11.7. The predicted octanol–water partition coefficient (Wildman–Crippen LogP) is 2.47. The van der Waals surface area contributed by atoms with E-state index in [1.165, 1.54) is 32.1 Å². The van der Waals surface area contributed by atoms with Crippen molar-refractivity contribution >= 4 is 11.8 Å². The first-order valence-electron chi connectivity index (χ1n) is 7.62. The SMILES string of the molecule is Cc1c(C(=O)O)nn(C2C3CC4CC(C3)CC2C4)c1N. The van der Waals surface area contributed by atoms with Gasteiger partial charge in [-0.15, -0.1) is 0 Å². The van der Waals surface area contributed by atoms with Gasteiger partial charge in [0.1, 0.15) is 5.82 Å². The van der Waals surface area contributed by atoms with E-state index in [4.69, 9.17) is 5.73 Å². The Morgan fingerprint density at radius 2 is 1.75 bits per heavy atom. The lowest BCUT2D eigenvalue weighted by molar-refractivity contribution is -0.0329. The third-order valence-electron chi connectivity index (χ3n) is 5.86. The largest absolute Gasteiger partial charge is 0.476 e. The minimum atomic E-state index is -0.975. The molecule has 108 valence electrons. The maximum absolute atomic E-state index is 11.2. The van der Waals surface area contributed by atoms with E-state index >= 15 is 0 Å². The van der Waals surface area contributed by atoms with Gasteiger partial charge in [-0.05, 0) is 62.7 Å². The molecule has 0 aromatic carbocycles. The molecule has 5 rings (SSSR count). The summed E-state index contributed by atoms with van der Waals surface area (Å²) in [6, 6.07) is 0.328. The zero-order chi connectivity index (χ0) is 14.0. The van der Waals surface area contributed by atoms with Gasteiger partial charge in [-0.2, -0.15) is 5.10 Å². The standard InChI is InChI=1S/C15H21N3O2/c1-7-12(15(19)20)17-18(14(7)16)13-10-3-8-2-9(5-10)6-11(13)4-8/h8-11,13H,2-6,16H2,1H3,(H,19,20). The lowest BCUT2D eigenvalue weighted by atomic mass is 9.54. The van der Waals surface area contributed by atoms with Crippen LogP contribution < -0.4 is 5.73 Å². The van der Waals surface area contributed by atoms with Crippen molar-refractivity contribution in [2.45, 2.75) is 45.1 Å². The van der Waals surface area contributed by atoms with Crippen LogP contribution in [0.4, 0.5) is 5.82 Å². The number of carboxylic acid groups (broad SMARTS) is 1. The Kier molecular flexibility index (Phi) is 2.44. The maximum atomic E-state index is 11.2.